The van der Waals surface area contributed by atoms with E-state index in [1.54, 1.807) is 18.2 Å². The average molecular weight is 225 g/mol. The third-order valence-electron chi connectivity index (χ3n) is 1.93. The molecule has 0 saturated heterocycles. The van der Waals surface area contributed by atoms with Crippen molar-refractivity contribution in [1.29, 1.82) is 0 Å². The van der Waals surface area contributed by atoms with E-state index in [0.717, 1.165) is 0 Å². The Bertz CT molecular complexity index is 505. The molecule has 1 aromatic heterocycles. The van der Waals surface area contributed by atoms with Crippen LogP contribution in [0.15, 0.2) is 36.5 Å². The quantitative estimate of drug-likeness (QED) is 0.550. The summed E-state index contributed by atoms with van der Waals surface area (Å²) in [5.74, 6) is -0.557. The Labute approximate surface area is 90.3 Å². The summed E-state index contributed by atoms with van der Waals surface area (Å²) in [6, 6.07) is 7.34. The zero-order valence-corrected chi connectivity index (χ0v) is 8.28. The predicted molar refractivity (Wildman–Crippen MR) is 53.6 cm³/mol. The first-order chi connectivity index (χ1) is 7.18. The van der Waals surface area contributed by atoms with E-state index in [4.69, 9.17) is 11.6 Å². The van der Waals surface area contributed by atoms with E-state index in [2.05, 4.69) is 5.10 Å². The Morgan fingerprint density at radius 3 is 2.80 bits per heavy atom. The molecule has 0 amide bonds. The maximum absolute atomic E-state index is 13.1. The largest absolute Gasteiger partial charge is 0.594 e. The molecule has 1 heterocycles. The van der Waals surface area contributed by atoms with Crippen molar-refractivity contribution in [2.24, 2.45) is 0 Å². The average Bonchev–Trinajstić information content (AvgIpc) is 2.23. The van der Waals surface area contributed by atoms with Crippen molar-refractivity contribution in [1.82, 2.24) is 5.10 Å². The number of aromatic nitrogens is 2. The summed E-state index contributed by atoms with van der Waals surface area (Å²) >= 11 is 5.53. The number of rotatable bonds is 1. The molecule has 15 heavy (non-hydrogen) atoms. The van der Waals surface area contributed by atoms with Gasteiger partial charge in [-0.25, -0.2) is 4.39 Å². The van der Waals surface area contributed by atoms with E-state index in [0.29, 0.717) is 10.4 Å². The third-order valence-corrected chi connectivity index (χ3v) is 2.24. The number of nitrogens with zero attached hydrogens (tertiary/aromatic N) is 2. The van der Waals surface area contributed by atoms with E-state index >= 15 is 0 Å². The Morgan fingerprint density at radius 2 is 2.13 bits per heavy atom. The first-order valence-electron chi connectivity index (χ1n) is 4.19. The van der Waals surface area contributed by atoms with Gasteiger partial charge in [0, 0.05) is 11.2 Å². The van der Waals surface area contributed by atoms with Crippen LogP contribution in [0.2, 0.25) is 5.02 Å². The van der Waals surface area contributed by atoms with Gasteiger partial charge < -0.3 is 5.21 Å². The maximum atomic E-state index is 13.1. The lowest BCUT2D eigenvalue weighted by atomic mass is 10.1. The van der Waals surface area contributed by atoms with Gasteiger partial charge >= 0.3 is 0 Å². The van der Waals surface area contributed by atoms with E-state index in [1.807, 2.05) is 0 Å². The van der Waals surface area contributed by atoms with Gasteiger partial charge in [-0.3, -0.25) is 0 Å². The van der Waals surface area contributed by atoms with Gasteiger partial charge in [-0.2, -0.15) is 0 Å². The maximum Gasteiger partial charge on any atom is 0.252 e. The van der Waals surface area contributed by atoms with Crippen LogP contribution in [0.25, 0.3) is 11.3 Å². The zero-order chi connectivity index (χ0) is 10.8. The van der Waals surface area contributed by atoms with Crippen molar-refractivity contribution in [2.45, 2.75) is 0 Å². The van der Waals surface area contributed by atoms with Crippen molar-refractivity contribution >= 4 is 11.6 Å². The number of hydrogen-bond acceptors (Lipinski definition) is 2. The Morgan fingerprint density at radius 1 is 1.33 bits per heavy atom. The molecule has 3 nitrogen and oxygen atoms in total. The number of halogens is 2. The van der Waals surface area contributed by atoms with Gasteiger partial charge in [0.25, 0.3) is 5.69 Å². The molecule has 0 radical (unpaired) electrons. The molecule has 2 aromatic rings. The summed E-state index contributed by atoms with van der Waals surface area (Å²) in [4.78, 5) is 0.433. The predicted octanol–water partition coefficient (Wildman–Crippen LogP) is 2.17. The first-order valence-corrected chi connectivity index (χ1v) is 4.56. The summed E-state index contributed by atoms with van der Waals surface area (Å²) in [6.07, 6.45) is 1.36. The molecule has 0 atom stereocenters. The molecule has 0 aliphatic heterocycles. The highest BCUT2D eigenvalue weighted by Gasteiger charge is 2.10. The van der Waals surface area contributed by atoms with E-state index in [1.165, 1.54) is 18.3 Å². The Kier molecular flexibility index (Phi) is 2.51. The van der Waals surface area contributed by atoms with Gasteiger partial charge in [-0.05, 0) is 24.3 Å². The fourth-order valence-electron chi connectivity index (χ4n) is 1.22. The number of benzene rings is 1. The third kappa shape index (κ3) is 1.89. The number of hydrogen-bond donors (Lipinski definition) is 0. The van der Waals surface area contributed by atoms with Crippen LogP contribution in [0.4, 0.5) is 4.39 Å². The van der Waals surface area contributed by atoms with Crippen molar-refractivity contribution in [3.63, 3.8) is 0 Å². The van der Waals surface area contributed by atoms with Crippen LogP contribution in [0, 0.1) is 11.0 Å². The van der Waals surface area contributed by atoms with Crippen LogP contribution in [-0.4, -0.2) is 5.10 Å². The van der Waals surface area contributed by atoms with Crippen molar-refractivity contribution in [3.05, 3.63) is 52.6 Å². The first kappa shape index (κ1) is 9.86. The van der Waals surface area contributed by atoms with Crippen LogP contribution < -0.4 is 4.85 Å². The van der Waals surface area contributed by atoms with Gasteiger partial charge in [0.2, 0.25) is 0 Å². The zero-order valence-electron chi connectivity index (χ0n) is 7.52. The van der Waals surface area contributed by atoms with Crippen molar-refractivity contribution in [2.75, 3.05) is 0 Å². The van der Waals surface area contributed by atoms with E-state index in [-0.39, 0.29) is 10.7 Å². The highest BCUT2D eigenvalue weighted by atomic mass is 35.5. The van der Waals surface area contributed by atoms with Gasteiger partial charge in [0.1, 0.15) is 5.82 Å². The molecule has 1 aromatic carbocycles. The smallest absolute Gasteiger partial charge is 0.252 e. The van der Waals surface area contributed by atoms with Gasteiger partial charge in [0.15, 0.2) is 0 Å². The minimum absolute atomic E-state index is 0.0279. The SMILES string of the molecule is [O-][n+]1ncccc1-c1ccc(Cl)c(F)c1. The van der Waals surface area contributed by atoms with Gasteiger partial charge in [-0.1, -0.05) is 16.4 Å². The van der Waals surface area contributed by atoms with Crippen LogP contribution in [0.1, 0.15) is 0 Å². The van der Waals surface area contributed by atoms with E-state index < -0.39 is 5.82 Å². The standard InChI is InChI=1S/C10H6ClFN2O/c11-8-4-3-7(6-9(8)12)10-2-1-5-13-14(10)15/h1-6H. The Hall–Kier alpha value is -1.68. The molecule has 0 aliphatic rings. The normalized spacial score (nSPS) is 10.3. The molecule has 2 rings (SSSR count). The van der Waals surface area contributed by atoms with Crippen molar-refractivity contribution < 1.29 is 9.24 Å². The van der Waals surface area contributed by atoms with Crippen LogP contribution in [0.5, 0.6) is 0 Å². The summed E-state index contributed by atoms with van der Waals surface area (Å²) in [6.45, 7) is 0. The highest BCUT2D eigenvalue weighted by molar-refractivity contribution is 6.30. The van der Waals surface area contributed by atoms with E-state index in [9.17, 15) is 9.60 Å². The molecule has 76 valence electrons. The summed E-state index contributed by atoms with van der Waals surface area (Å²) in [5, 5.41) is 14.8. The molecule has 5 heteroatoms. The Balaban J connectivity index is 2.55. The molecular weight excluding hydrogens is 219 g/mol. The van der Waals surface area contributed by atoms with Gasteiger partial charge in [0.05, 0.1) is 16.8 Å². The minimum Gasteiger partial charge on any atom is -0.594 e. The summed E-state index contributed by atoms with van der Waals surface area (Å²) in [5.41, 5.74) is 0.730. The highest BCUT2D eigenvalue weighted by Crippen LogP contribution is 2.21. The molecule has 0 aliphatic carbocycles. The van der Waals surface area contributed by atoms with Crippen LogP contribution in [-0.2, 0) is 0 Å². The second-order valence-corrected chi connectivity index (χ2v) is 3.32. The molecule has 0 fully saturated rings. The monoisotopic (exact) mass is 224 g/mol. The topological polar surface area (TPSA) is 39.8 Å². The second kappa shape index (κ2) is 3.82. The second-order valence-electron chi connectivity index (χ2n) is 2.91. The fourth-order valence-corrected chi connectivity index (χ4v) is 1.34. The lowest BCUT2D eigenvalue weighted by molar-refractivity contribution is -0.658. The minimum atomic E-state index is -0.557. The molecular formula is C10H6ClFN2O. The fraction of sp³-hybridized carbons (Fsp3) is 0. The molecule has 0 spiro atoms. The van der Waals surface area contributed by atoms with Crippen LogP contribution >= 0.6 is 11.6 Å². The molecule has 0 unspecified atom stereocenters. The van der Waals surface area contributed by atoms with Crippen molar-refractivity contribution in [3.8, 4) is 11.3 Å². The summed E-state index contributed by atoms with van der Waals surface area (Å²) < 4.78 is 13.1. The molecule has 0 saturated carbocycles. The van der Waals surface area contributed by atoms with Gasteiger partial charge in [-0.15, -0.1) is 0 Å². The molecule has 0 N–H and O–H groups in total. The lowest BCUT2D eigenvalue weighted by Crippen LogP contribution is -2.33. The van der Waals surface area contributed by atoms with Crippen LogP contribution in [0.3, 0.4) is 0 Å². The summed E-state index contributed by atoms with van der Waals surface area (Å²) in [7, 11) is 0. The molecule has 0 bridgehead atoms. The lowest BCUT2D eigenvalue weighted by Gasteiger charge is -2.01.